The Morgan fingerprint density at radius 1 is 0.862 bits per heavy atom. The van der Waals surface area contributed by atoms with Crippen molar-refractivity contribution in [3.05, 3.63) is 102 Å². The molecule has 14 heteroatoms. The topological polar surface area (TPSA) is 183 Å². The van der Waals surface area contributed by atoms with Crippen molar-refractivity contribution in [1.29, 1.82) is 0 Å². The van der Waals surface area contributed by atoms with Crippen LogP contribution in [0.4, 0.5) is 10.5 Å². The molecule has 1 fully saturated rings. The minimum atomic E-state index is -0.972. The van der Waals surface area contributed by atoms with E-state index in [1.165, 1.54) is 14.2 Å². The van der Waals surface area contributed by atoms with Crippen molar-refractivity contribution in [2.24, 2.45) is 11.8 Å². The van der Waals surface area contributed by atoms with Gasteiger partial charge in [0.25, 0.3) is 5.91 Å². The number of hydrogen-bond donors (Lipinski definition) is 4. The Morgan fingerprint density at radius 2 is 1.47 bits per heavy atom. The first kappa shape index (κ1) is 38.6. The number of carbonyl (C=O) groups is 4. The number of benzene rings is 3. The van der Waals surface area contributed by atoms with Gasteiger partial charge in [0.1, 0.15) is 17.7 Å². The molecular weight excluding hydrogens is 739 g/mol. The first-order valence-electron chi connectivity index (χ1n) is 19.7. The van der Waals surface area contributed by atoms with E-state index < -0.39 is 30.2 Å². The van der Waals surface area contributed by atoms with Gasteiger partial charge in [-0.1, -0.05) is 80.6 Å². The second-order valence-electron chi connectivity index (χ2n) is 15.6. The Hall–Kier alpha value is -6.28. The van der Waals surface area contributed by atoms with E-state index >= 15 is 0 Å². The van der Waals surface area contributed by atoms with Crippen molar-refractivity contribution in [3.63, 3.8) is 0 Å². The van der Waals surface area contributed by atoms with Crippen LogP contribution in [0, 0.1) is 11.8 Å². The average Bonchev–Trinajstić information content (AvgIpc) is 4.07. The Kier molecular flexibility index (Phi) is 10.6. The van der Waals surface area contributed by atoms with Crippen LogP contribution in [0.3, 0.4) is 0 Å². The molecule has 1 unspecified atom stereocenters. The SMILES string of the molecule is COC(=O)C[C@H](C(=O)N1CCC[C@H]1c1ncc(-c2ccc(-c3ccc(-c4cnc([C@@H]5Cc6cccc7c6N5C(=O)[C@@H](NC(=O)OC)CC7O)[nH]4)cc3)cc2)[nH]1)C(C)C. The molecule has 8 rings (SSSR count). The molecule has 300 valence electrons. The van der Waals surface area contributed by atoms with E-state index in [1.54, 1.807) is 17.3 Å². The Balaban J connectivity index is 0.957. The first-order chi connectivity index (χ1) is 28.0. The van der Waals surface area contributed by atoms with Crippen molar-refractivity contribution in [3.8, 4) is 33.6 Å². The molecule has 5 atom stereocenters. The van der Waals surface area contributed by atoms with E-state index in [-0.39, 0.29) is 42.6 Å². The van der Waals surface area contributed by atoms with Gasteiger partial charge in [-0.3, -0.25) is 19.3 Å². The third-order valence-corrected chi connectivity index (χ3v) is 11.8. The molecule has 2 aromatic heterocycles. The summed E-state index contributed by atoms with van der Waals surface area (Å²) in [6.45, 7) is 4.54. The van der Waals surface area contributed by atoms with Gasteiger partial charge < -0.3 is 34.8 Å². The maximum absolute atomic E-state index is 13.9. The van der Waals surface area contributed by atoms with Crippen LogP contribution in [-0.4, -0.2) is 80.6 Å². The number of carbonyl (C=O) groups excluding carboxylic acids is 4. The molecule has 5 aromatic rings. The highest BCUT2D eigenvalue weighted by atomic mass is 16.5. The summed E-state index contributed by atoms with van der Waals surface area (Å²) in [5, 5.41) is 13.7. The van der Waals surface area contributed by atoms with Gasteiger partial charge in [-0.15, -0.1) is 0 Å². The molecule has 4 N–H and O–H groups in total. The lowest BCUT2D eigenvalue weighted by atomic mass is 9.91. The van der Waals surface area contributed by atoms with Gasteiger partial charge in [-0.05, 0) is 46.6 Å². The summed E-state index contributed by atoms with van der Waals surface area (Å²) in [6.07, 6.45) is 4.14. The summed E-state index contributed by atoms with van der Waals surface area (Å²) in [7, 11) is 2.58. The maximum Gasteiger partial charge on any atom is 0.407 e. The normalized spacial score (nSPS) is 20.5. The molecule has 3 aliphatic rings. The second kappa shape index (κ2) is 15.9. The Morgan fingerprint density at radius 3 is 2.05 bits per heavy atom. The van der Waals surface area contributed by atoms with E-state index in [0.29, 0.717) is 30.0 Å². The summed E-state index contributed by atoms with van der Waals surface area (Å²) in [5.41, 5.74) is 7.85. The molecular formula is C44H47N7O7. The smallest absolute Gasteiger partial charge is 0.407 e. The van der Waals surface area contributed by atoms with Gasteiger partial charge in [0.05, 0.1) is 74.2 Å². The lowest BCUT2D eigenvalue weighted by Crippen LogP contribution is -2.48. The number of imidazole rings is 2. The first-order valence-corrected chi connectivity index (χ1v) is 19.7. The number of anilines is 1. The predicted molar refractivity (Wildman–Crippen MR) is 215 cm³/mol. The second-order valence-corrected chi connectivity index (χ2v) is 15.6. The number of hydrogen-bond acceptors (Lipinski definition) is 9. The van der Waals surface area contributed by atoms with Crippen LogP contribution in [0.25, 0.3) is 33.6 Å². The monoisotopic (exact) mass is 785 g/mol. The summed E-state index contributed by atoms with van der Waals surface area (Å²) in [4.78, 5) is 71.6. The molecule has 5 heterocycles. The maximum atomic E-state index is 13.9. The molecule has 0 bridgehead atoms. The molecule has 3 amide bonds. The number of nitrogens with one attached hydrogen (secondary N) is 3. The quantitative estimate of drug-likeness (QED) is 0.116. The van der Waals surface area contributed by atoms with Crippen molar-refractivity contribution in [2.45, 2.75) is 70.2 Å². The van der Waals surface area contributed by atoms with Crippen LogP contribution in [0.1, 0.15) is 80.5 Å². The summed E-state index contributed by atoms with van der Waals surface area (Å²) in [6, 6.07) is 20.4. The molecule has 3 aromatic carbocycles. The fourth-order valence-corrected chi connectivity index (χ4v) is 8.61. The zero-order valence-corrected chi connectivity index (χ0v) is 32.9. The highest BCUT2D eigenvalue weighted by Crippen LogP contribution is 2.47. The Bertz CT molecular complexity index is 2330. The van der Waals surface area contributed by atoms with Gasteiger partial charge in [0.15, 0.2) is 0 Å². The van der Waals surface area contributed by atoms with E-state index in [0.717, 1.165) is 57.9 Å². The average molecular weight is 786 g/mol. The highest BCUT2D eigenvalue weighted by molar-refractivity contribution is 6.02. The summed E-state index contributed by atoms with van der Waals surface area (Å²) in [5.74, 6) is 0.134. The number of ether oxygens (including phenoxy) is 2. The van der Waals surface area contributed by atoms with Crippen LogP contribution in [0.5, 0.6) is 0 Å². The fourth-order valence-electron chi connectivity index (χ4n) is 8.61. The predicted octanol–water partition coefficient (Wildman–Crippen LogP) is 6.42. The zero-order chi connectivity index (χ0) is 40.7. The lowest BCUT2D eigenvalue weighted by Gasteiger charge is -2.29. The number of esters is 1. The van der Waals surface area contributed by atoms with E-state index in [4.69, 9.17) is 19.4 Å². The number of alkyl carbamates (subject to hydrolysis) is 1. The number of nitrogens with zero attached hydrogens (tertiary/aromatic N) is 4. The summed E-state index contributed by atoms with van der Waals surface area (Å²) >= 11 is 0. The number of aliphatic hydroxyl groups excluding tert-OH is 1. The third kappa shape index (κ3) is 7.23. The third-order valence-electron chi connectivity index (χ3n) is 11.8. The van der Waals surface area contributed by atoms with E-state index in [2.05, 4.69) is 39.6 Å². The number of rotatable bonds is 10. The molecule has 1 saturated heterocycles. The number of aromatic amines is 2. The van der Waals surface area contributed by atoms with E-state index in [9.17, 15) is 24.3 Å². The molecule has 14 nitrogen and oxygen atoms in total. The number of methoxy groups -OCH3 is 2. The molecule has 0 aliphatic carbocycles. The lowest BCUT2D eigenvalue weighted by molar-refractivity contribution is -0.148. The highest BCUT2D eigenvalue weighted by Gasteiger charge is 2.45. The number of H-pyrrole nitrogens is 2. The number of para-hydroxylation sites is 1. The van der Waals surface area contributed by atoms with Crippen molar-refractivity contribution >= 4 is 29.6 Å². The zero-order valence-electron chi connectivity index (χ0n) is 32.9. The minimum Gasteiger partial charge on any atom is -0.469 e. The number of amides is 3. The number of aromatic nitrogens is 4. The number of likely N-dealkylation sites (tertiary alicyclic amines) is 1. The van der Waals surface area contributed by atoms with Crippen LogP contribution in [0.15, 0.2) is 79.1 Å². The van der Waals surface area contributed by atoms with Crippen molar-refractivity contribution in [2.75, 3.05) is 25.7 Å². The minimum absolute atomic E-state index is 0.00354. The number of aliphatic hydroxyl groups is 1. The fraction of sp³-hybridized carbons (Fsp3) is 0.364. The van der Waals surface area contributed by atoms with Crippen molar-refractivity contribution in [1.82, 2.24) is 30.2 Å². The van der Waals surface area contributed by atoms with Gasteiger partial charge in [0.2, 0.25) is 5.91 Å². The van der Waals surface area contributed by atoms with E-state index in [1.807, 2.05) is 61.2 Å². The van der Waals surface area contributed by atoms with Gasteiger partial charge in [0, 0.05) is 24.9 Å². The largest absolute Gasteiger partial charge is 0.469 e. The molecule has 0 spiro atoms. The van der Waals surface area contributed by atoms with Gasteiger partial charge in [-0.25, -0.2) is 14.8 Å². The summed E-state index contributed by atoms with van der Waals surface area (Å²) < 4.78 is 9.63. The van der Waals surface area contributed by atoms with Crippen LogP contribution in [-0.2, 0) is 30.3 Å². The molecule has 58 heavy (non-hydrogen) atoms. The standard InChI is InChI=1S/C44H47N7O7/c1-24(2)31(20-38(53)57-3)42(54)50-18-6-9-35(50)40-45-22-33(47-40)27-14-10-25(11-15-27)26-12-16-28(17-13-26)34-23-46-41(48-34)36-19-29-7-5-8-30-37(52)21-32(49-44(56)58-4)43(55)51(36)39(29)30/h5,7-8,10-17,22-24,31-32,35-37,52H,6,9,18-21H2,1-4H3,(H,45,47)(H,46,48)(H,49,56)/t31-,32-,35-,36-,37?/m0/s1. The van der Waals surface area contributed by atoms with Gasteiger partial charge in [-0.2, -0.15) is 0 Å². The van der Waals surface area contributed by atoms with Crippen molar-refractivity contribution < 1.29 is 33.8 Å². The van der Waals surface area contributed by atoms with Crippen LogP contribution < -0.4 is 10.2 Å². The van der Waals surface area contributed by atoms with Crippen LogP contribution >= 0.6 is 0 Å². The Labute approximate surface area is 336 Å². The molecule has 0 saturated carbocycles. The van der Waals surface area contributed by atoms with Gasteiger partial charge >= 0.3 is 12.1 Å². The molecule has 0 radical (unpaired) electrons. The molecule has 3 aliphatic heterocycles. The van der Waals surface area contributed by atoms with Crippen LogP contribution in [0.2, 0.25) is 0 Å².